The summed E-state index contributed by atoms with van der Waals surface area (Å²) in [7, 11) is 0. The van der Waals surface area contributed by atoms with Gasteiger partial charge in [0.15, 0.2) is 0 Å². The molecule has 0 nitrogen and oxygen atoms in total. The van der Waals surface area contributed by atoms with Crippen molar-refractivity contribution >= 4 is 0 Å². The van der Waals surface area contributed by atoms with Gasteiger partial charge in [0.05, 0.1) is 0 Å². The van der Waals surface area contributed by atoms with Gasteiger partial charge in [0.25, 0.3) is 0 Å². The van der Waals surface area contributed by atoms with E-state index < -0.39 is 0 Å². The lowest BCUT2D eigenvalue weighted by Gasteiger charge is -2.11. The Bertz CT molecular complexity index is 332. The van der Waals surface area contributed by atoms with E-state index in [0.717, 1.165) is 11.8 Å². The van der Waals surface area contributed by atoms with Gasteiger partial charge >= 0.3 is 0 Å². The summed E-state index contributed by atoms with van der Waals surface area (Å²) < 4.78 is 0. The van der Waals surface area contributed by atoms with Crippen LogP contribution in [0.15, 0.2) is 18.2 Å². The minimum Gasteiger partial charge on any atom is -0.0628 e. The average Bonchev–Trinajstić information content (AvgIpc) is 2.98. The Morgan fingerprint density at radius 1 is 1.27 bits per heavy atom. The summed E-state index contributed by atoms with van der Waals surface area (Å²) in [5.74, 6) is 1.71. The van der Waals surface area contributed by atoms with Gasteiger partial charge in [0.1, 0.15) is 0 Å². The lowest BCUT2D eigenvalue weighted by atomic mass is 9.95. The predicted octanol–water partition coefficient (Wildman–Crippen LogP) is 4.46. The fraction of sp³-hybridized carbons (Fsp3) is 0.600. The number of hydrogen-bond acceptors (Lipinski definition) is 0. The highest BCUT2D eigenvalue weighted by molar-refractivity contribution is 5.36. The van der Waals surface area contributed by atoms with E-state index in [0.29, 0.717) is 0 Å². The Hall–Kier alpha value is -0.780. The topological polar surface area (TPSA) is 0 Å². The Labute approximate surface area is 93.7 Å². The minimum absolute atomic E-state index is 0.818. The summed E-state index contributed by atoms with van der Waals surface area (Å²) in [5, 5.41) is 0. The standard InChI is InChI=1S/C15H22/c1-11(2)4-6-13-7-5-12(3)10-15(13)14-8-9-14/h5,7,10-11,14H,4,6,8-9H2,1-3H3. The Morgan fingerprint density at radius 3 is 2.60 bits per heavy atom. The summed E-state index contributed by atoms with van der Waals surface area (Å²) >= 11 is 0. The van der Waals surface area contributed by atoms with Crippen LogP contribution < -0.4 is 0 Å². The van der Waals surface area contributed by atoms with Gasteiger partial charge < -0.3 is 0 Å². The zero-order chi connectivity index (χ0) is 10.8. The second-order valence-electron chi connectivity index (χ2n) is 5.41. The van der Waals surface area contributed by atoms with E-state index in [9.17, 15) is 0 Å². The quantitative estimate of drug-likeness (QED) is 0.676. The van der Waals surface area contributed by atoms with Gasteiger partial charge in [-0.3, -0.25) is 0 Å². The summed E-state index contributed by atoms with van der Waals surface area (Å²) in [4.78, 5) is 0. The van der Waals surface area contributed by atoms with Gasteiger partial charge in [0, 0.05) is 0 Å². The molecule has 0 aromatic heterocycles. The van der Waals surface area contributed by atoms with Gasteiger partial charge in [-0.25, -0.2) is 0 Å². The molecule has 82 valence electrons. The first-order valence-electron chi connectivity index (χ1n) is 6.26. The van der Waals surface area contributed by atoms with Gasteiger partial charge in [-0.15, -0.1) is 0 Å². The van der Waals surface area contributed by atoms with E-state index >= 15 is 0 Å². The van der Waals surface area contributed by atoms with Crippen LogP contribution in [0.5, 0.6) is 0 Å². The molecule has 15 heavy (non-hydrogen) atoms. The Balaban J connectivity index is 2.14. The molecule has 0 saturated heterocycles. The van der Waals surface area contributed by atoms with Crippen molar-refractivity contribution in [2.24, 2.45) is 5.92 Å². The van der Waals surface area contributed by atoms with Gasteiger partial charge in [0.2, 0.25) is 0 Å². The first-order chi connectivity index (χ1) is 7.16. The van der Waals surface area contributed by atoms with Crippen LogP contribution in [0, 0.1) is 12.8 Å². The van der Waals surface area contributed by atoms with Crippen molar-refractivity contribution in [3.8, 4) is 0 Å². The molecule has 1 aromatic carbocycles. The maximum absolute atomic E-state index is 2.41. The van der Waals surface area contributed by atoms with E-state index in [-0.39, 0.29) is 0 Å². The molecule has 0 N–H and O–H groups in total. The number of aryl methyl sites for hydroxylation is 2. The molecule has 0 heterocycles. The zero-order valence-corrected chi connectivity index (χ0v) is 10.2. The molecular weight excluding hydrogens is 180 g/mol. The van der Waals surface area contributed by atoms with E-state index in [1.807, 2.05) is 0 Å². The van der Waals surface area contributed by atoms with Crippen LogP contribution in [0.2, 0.25) is 0 Å². The minimum atomic E-state index is 0.818. The lowest BCUT2D eigenvalue weighted by Crippen LogP contribution is -1.97. The van der Waals surface area contributed by atoms with Crippen LogP contribution in [-0.2, 0) is 6.42 Å². The van der Waals surface area contributed by atoms with Gasteiger partial charge in [-0.2, -0.15) is 0 Å². The molecule has 0 unspecified atom stereocenters. The first-order valence-corrected chi connectivity index (χ1v) is 6.26. The molecule has 0 atom stereocenters. The van der Waals surface area contributed by atoms with E-state index in [2.05, 4.69) is 39.0 Å². The molecule has 1 aromatic rings. The van der Waals surface area contributed by atoms with Crippen LogP contribution in [0.25, 0.3) is 0 Å². The smallest absolute Gasteiger partial charge is 0.0159 e. The molecule has 0 radical (unpaired) electrons. The molecule has 1 fully saturated rings. The zero-order valence-electron chi connectivity index (χ0n) is 10.2. The lowest BCUT2D eigenvalue weighted by molar-refractivity contribution is 0.585. The monoisotopic (exact) mass is 202 g/mol. The van der Waals surface area contributed by atoms with Crippen LogP contribution in [0.1, 0.15) is 55.7 Å². The van der Waals surface area contributed by atoms with Crippen LogP contribution in [0.4, 0.5) is 0 Å². The van der Waals surface area contributed by atoms with Crippen molar-refractivity contribution in [1.82, 2.24) is 0 Å². The van der Waals surface area contributed by atoms with E-state index in [1.54, 1.807) is 11.1 Å². The van der Waals surface area contributed by atoms with Crippen LogP contribution in [-0.4, -0.2) is 0 Å². The van der Waals surface area contributed by atoms with Gasteiger partial charge in [-0.05, 0) is 55.6 Å². The predicted molar refractivity (Wildman–Crippen MR) is 66.3 cm³/mol. The highest BCUT2D eigenvalue weighted by atomic mass is 14.3. The third-order valence-corrected chi connectivity index (χ3v) is 3.31. The van der Waals surface area contributed by atoms with Gasteiger partial charge in [-0.1, -0.05) is 37.6 Å². The molecule has 0 amide bonds. The molecule has 1 aliphatic rings. The largest absolute Gasteiger partial charge is 0.0628 e. The average molecular weight is 202 g/mol. The third-order valence-electron chi connectivity index (χ3n) is 3.31. The maximum atomic E-state index is 2.41. The SMILES string of the molecule is Cc1ccc(CCC(C)C)c(C2CC2)c1. The molecule has 2 rings (SSSR count). The molecule has 0 aliphatic heterocycles. The summed E-state index contributed by atoms with van der Waals surface area (Å²) in [6.07, 6.45) is 5.42. The highest BCUT2D eigenvalue weighted by Gasteiger charge is 2.25. The number of benzene rings is 1. The third kappa shape index (κ3) is 2.84. The molecular formula is C15H22. The van der Waals surface area contributed by atoms with Crippen molar-refractivity contribution < 1.29 is 0 Å². The second kappa shape index (κ2) is 4.38. The number of rotatable bonds is 4. The molecule has 0 spiro atoms. The van der Waals surface area contributed by atoms with Crippen molar-refractivity contribution in [1.29, 1.82) is 0 Å². The van der Waals surface area contributed by atoms with Crippen LogP contribution in [0.3, 0.4) is 0 Å². The second-order valence-corrected chi connectivity index (χ2v) is 5.41. The number of hydrogen-bond donors (Lipinski definition) is 0. The fourth-order valence-corrected chi connectivity index (χ4v) is 2.16. The van der Waals surface area contributed by atoms with Crippen molar-refractivity contribution in [2.45, 2.75) is 52.4 Å². The van der Waals surface area contributed by atoms with Crippen molar-refractivity contribution in [2.75, 3.05) is 0 Å². The normalized spacial score (nSPS) is 16.0. The summed E-state index contributed by atoms with van der Waals surface area (Å²) in [6, 6.07) is 7.03. The van der Waals surface area contributed by atoms with Crippen LogP contribution >= 0.6 is 0 Å². The van der Waals surface area contributed by atoms with E-state index in [1.165, 1.54) is 31.2 Å². The summed E-state index contributed by atoms with van der Waals surface area (Å²) in [6.45, 7) is 6.83. The Morgan fingerprint density at radius 2 is 2.00 bits per heavy atom. The fourth-order valence-electron chi connectivity index (χ4n) is 2.16. The maximum Gasteiger partial charge on any atom is -0.0159 e. The van der Waals surface area contributed by atoms with Crippen molar-refractivity contribution in [3.05, 3.63) is 34.9 Å². The highest BCUT2D eigenvalue weighted by Crippen LogP contribution is 2.42. The first kappa shape index (κ1) is 10.7. The molecule has 1 saturated carbocycles. The molecule has 0 bridgehead atoms. The molecule has 1 aliphatic carbocycles. The van der Waals surface area contributed by atoms with Crippen molar-refractivity contribution in [3.63, 3.8) is 0 Å². The Kier molecular flexibility index (Phi) is 3.14. The summed E-state index contributed by atoms with van der Waals surface area (Å²) in [5.41, 5.74) is 4.68. The van der Waals surface area contributed by atoms with E-state index in [4.69, 9.17) is 0 Å². The molecule has 0 heteroatoms.